The van der Waals surface area contributed by atoms with Crippen LogP contribution in [0.2, 0.25) is 0 Å². The van der Waals surface area contributed by atoms with Gasteiger partial charge in [-0.2, -0.15) is 0 Å². The first-order valence-electron chi connectivity index (χ1n) is 5.79. The van der Waals surface area contributed by atoms with Crippen LogP contribution in [0.5, 0.6) is 0 Å². The van der Waals surface area contributed by atoms with Crippen LogP contribution in [0.1, 0.15) is 51.5 Å². The molecule has 2 unspecified atom stereocenters. The second-order valence-corrected chi connectivity index (χ2v) is 4.40. The van der Waals surface area contributed by atoms with E-state index in [4.69, 9.17) is 0 Å². The molecule has 0 aliphatic carbocycles. The SMILES string of the molecule is CCC(C)CCC(C)c1ccccc1. The molecular weight excluding hydrogens is 168 g/mol. The van der Waals surface area contributed by atoms with Gasteiger partial charge in [-0.3, -0.25) is 0 Å². The molecule has 0 aromatic heterocycles. The fourth-order valence-corrected chi connectivity index (χ4v) is 1.69. The fraction of sp³-hybridized carbons (Fsp3) is 0.571. The first kappa shape index (κ1) is 11.3. The van der Waals surface area contributed by atoms with Crippen LogP contribution in [-0.2, 0) is 0 Å². The number of benzene rings is 1. The molecule has 1 rings (SSSR count). The lowest BCUT2D eigenvalue weighted by Crippen LogP contribution is -1.98. The molecule has 0 fully saturated rings. The zero-order chi connectivity index (χ0) is 10.4. The molecule has 1 aromatic carbocycles. The summed E-state index contributed by atoms with van der Waals surface area (Å²) < 4.78 is 0. The molecule has 0 aliphatic rings. The number of hydrogen-bond acceptors (Lipinski definition) is 0. The van der Waals surface area contributed by atoms with Crippen LogP contribution >= 0.6 is 0 Å². The summed E-state index contributed by atoms with van der Waals surface area (Å²) >= 11 is 0. The Balaban J connectivity index is 2.39. The van der Waals surface area contributed by atoms with Crippen LogP contribution in [0, 0.1) is 5.92 Å². The highest BCUT2D eigenvalue weighted by molar-refractivity contribution is 5.18. The summed E-state index contributed by atoms with van der Waals surface area (Å²) in [5.74, 6) is 1.59. The van der Waals surface area contributed by atoms with Gasteiger partial charge in [-0.25, -0.2) is 0 Å². The molecule has 0 heteroatoms. The van der Waals surface area contributed by atoms with Gasteiger partial charge in [0.25, 0.3) is 0 Å². The van der Waals surface area contributed by atoms with Crippen molar-refractivity contribution in [2.75, 3.05) is 0 Å². The van der Waals surface area contributed by atoms with Gasteiger partial charge in [0.15, 0.2) is 0 Å². The Bertz CT molecular complexity index is 237. The van der Waals surface area contributed by atoms with E-state index in [1.165, 1.54) is 24.8 Å². The summed E-state index contributed by atoms with van der Waals surface area (Å²) in [5.41, 5.74) is 1.48. The third-order valence-electron chi connectivity index (χ3n) is 3.16. The van der Waals surface area contributed by atoms with E-state index in [0.717, 1.165) is 5.92 Å². The molecule has 0 saturated heterocycles. The van der Waals surface area contributed by atoms with Gasteiger partial charge < -0.3 is 0 Å². The van der Waals surface area contributed by atoms with E-state index in [-0.39, 0.29) is 0 Å². The van der Waals surface area contributed by atoms with Crippen molar-refractivity contribution in [1.29, 1.82) is 0 Å². The zero-order valence-corrected chi connectivity index (χ0v) is 9.66. The first-order chi connectivity index (χ1) is 6.74. The Morgan fingerprint density at radius 2 is 1.64 bits per heavy atom. The maximum absolute atomic E-state index is 2.34. The maximum Gasteiger partial charge on any atom is -0.0190 e. The van der Waals surface area contributed by atoms with Gasteiger partial charge in [0, 0.05) is 0 Å². The molecule has 0 heterocycles. The van der Waals surface area contributed by atoms with Crippen molar-refractivity contribution in [2.24, 2.45) is 5.92 Å². The zero-order valence-electron chi connectivity index (χ0n) is 9.66. The van der Waals surface area contributed by atoms with Gasteiger partial charge in [0.1, 0.15) is 0 Å². The van der Waals surface area contributed by atoms with Crippen molar-refractivity contribution in [3.05, 3.63) is 35.9 Å². The molecule has 0 aliphatic heterocycles. The lowest BCUT2D eigenvalue weighted by Gasteiger charge is -2.14. The topological polar surface area (TPSA) is 0 Å². The largest absolute Gasteiger partial charge is 0.0651 e. The minimum absolute atomic E-state index is 0.713. The first-order valence-corrected chi connectivity index (χ1v) is 5.79. The second kappa shape index (κ2) is 5.85. The highest BCUT2D eigenvalue weighted by Crippen LogP contribution is 2.23. The minimum atomic E-state index is 0.713. The van der Waals surface area contributed by atoms with Gasteiger partial charge in [-0.1, -0.05) is 63.9 Å². The quantitative estimate of drug-likeness (QED) is 0.635. The van der Waals surface area contributed by atoms with Crippen LogP contribution in [0.3, 0.4) is 0 Å². The molecule has 0 bridgehead atoms. The normalized spacial score (nSPS) is 15.1. The molecule has 0 N–H and O–H groups in total. The summed E-state index contributed by atoms with van der Waals surface area (Å²) in [6.45, 7) is 6.95. The minimum Gasteiger partial charge on any atom is -0.0651 e. The molecular formula is C14H22. The van der Waals surface area contributed by atoms with Crippen molar-refractivity contribution in [2.45, 2.75) is 46.0 Å². The van der Waals surface area contributed by atoms with E-state index in [1.807, 2.05) is 0 Å². The molecule has 78 valence electrons. The third-order valence-corrected chi connectivity index (χ3v) is 3.16. The van der Waals surface area contributed by atoms with Crippen molar-refractivity contribution in [3.63, 3.8) is 0 Å². The van der Waals surface area contributed by atoms with E-state index >= 15 is 0 Å². The lowest BCUT2D eigenvalue weighted by atomic mass is 9.92. The van der Waals surface area contributed by atoms with Crippen LogP contribution < -0.4 is 0 Å². The van der Waals surface area contributed by atoms with Crippen LogP contribution in [0.25, 0.3) is 0 Å². The Labute approximate surface area is 88.4 Å². The van der Waals surface area contributed by atoms with Crippen molar-refractivity contribution in [1.82, 2.24) is 0 Å². The maximum atomic E-state index is 2.34. The fourth-order valence-electron chi connectivity index (χ4n) is 1.69. The van der Waals surface area contributed by atoms with Gasteiger partial charge in [0.2, 0.25) is 0 Å². The summed E-state index contributed by atoms with van der Waals surface area (Å²) in [5, 5.41) is 0. The van der Waals surface area contributed by atoms with Gasteiger partial charge >= 0.3 is 0 Å². The van der Waals surface area contributed by atoms with E-state index in [9.17, 15) is 0 Å². The summed E-state index contributed by atoms with van der Waals surface area (Å²) in [7, 11) is 0. The summed E-state index contributed by atoms with van der Waals surface area (Å²) in [6.07, 6.45) is 3.98. The third kappa shape index (κ3) is 3.53. The van der Waals surface area contributed by atoms with Crippen molar-refractivity contribution >= 4 is 0 Å². The van der Waals surface area contributed by atoms with E-state index < -0.39 is 0 Å². The van der Waals surface area contributed by atoms with E-state index in [1.54, 1.807) is 0 Å². The van der Waals surface area contributed by atoms with Gasteiger partial charge in [-0.15, -0.1) is 0 Å². The van der Waals surface area contributed by atoms with E-state index in [2.05, 4.69) is 51.1 Å². The Morgan fingerprint density at radius 1 is 1.00 bits per heavy atom. The second-order valence-electron chi connectivity index (χ2n) is 4.40. The van der Waals surface area contributed by atoms with Crippen molar-refractivity contribution < 1.29 is 0 Å². The standard InChI is InChI=1S/C14H22/c1-4-12(2)10-11-13(3)14-8-6-5-7-9-14/h5-9,12-13H,4,10-11H2,1-3H3. The Hall–Kier alpha value is -0.780. The molecule has 0 saturated carbocycles. The molecule has 0 nitrogen and oxygen atoms in total. The smallest absolute Gasteiger partial charge is 0.0190 e. The molecule has 1 aromatic rings. The number of hydrogen-bond donors (Lipinski definition) is 0. The molecule has 2 atom stereocenters. The Kier molecular flexibility index (Phi) is 4.72. The van der Waals surface area contributed by atoms with Crippen molar-refractivity contribution in [3.8, 4) is 0 Å². The summed E-state index contributed by atoms with van der Waals surface area (Å²) in [6, 6.07) is 10.8. The van der Waals surface area contributed by atoms with Crippen LogP contribution in [0.4, 0.5) is 0 Å². The monoisotopic (exact) mass is 190 g/mol. The Morgan fingerprint density at radius 3 is 2.21 bits per heavy atom. The van der Waals surface area contributed by atoms with Crippen LogP contribution in [0.15, 0.2) is 30.3 Å². The highest BCUT2D eigenvalue weighted by Gasteiger charge is 2.06. The molecule has 0 amide bonds. The highest BCUT2D eigenvalue weighted by atomic mass is 14.1. The van der Waals surface area contributed by atoms with Gasteiger partial charge in [-0.05, 0) is 23.8 Å². The lowest BCUT2D eigenvalue weighted by molar-refractivity contribution is 0.470. The average Bonchev–Trinajstić information content (AvgIpc) is 2.26. The number of rotatable bonds is 5. The van der Waals surface area contributed by atoms with Gasteiger partial charge in [0.05, 0.1) is 0 Å². The van der Waals surface area contributed by atoms with Crippen LogP contribution in [-0.4, -0.2) is 0 Å². The predicted molar refractivity (Wildman–Crippen MR) is 63.5 cm³/mol. The summed E-state index contributed by atoms with van der Waals surface area (Å²) in [4.78, 5) is 0. The molecule has 0 radical (unpaired) electrons. The predicted octanol–water partition coefficient (Wildman–Crippen LogP) is 4.62. The molecule has 0 spiro atoms. The molecule has 14 heavy (non-hydrogen) atoms. The van der Waals surface area contributed by atoms with E-state index in [0.29, 0.717) is 5.92 Å². The average molecular weight is 190 g/mol.